The summed E-state index contributed by atoms with van der Waals surface area (Å²) in [4.78, 5) is 11.6. The van der Waals surface area contributed by atoms with E-state index in [0.717, 1.165) is 11.5 Å². The molecule has 6 nitrogen and oxygen atoms in total. The van der Waals surface area contributed by atoms with Crippen molar-refractivity contribution in [1.29, 1.82) is 0 Å². The summed E-state index contributed by atoms with van der Waals surface area (Å²) in [6.45, 7) is 2.39. The number of furan rings is 1. The lowest BCUT2D eigenvalue weighted by Crippen LogP contribution is -2.18. The minimum atomic E-state index is -0.0199. The van der Waals surface area contributed by atoms with Crippen LogP contribution in [-0.2, 0) is 13.0 Å². The Balaban J connectivity index is 1.99. The van der Waals surface area contributed by atoms with Crippen LogP contribution in [0.1, 0.15) is 18.4 Å². The number of anilines is 1. The molecule has 0 aromatic carbocycles. The van der Waals surface area contributed by atoms with Gasteiger partial charge in [0.25, 0.3) is 0 Å². The van der Waals surface area contributed by atoms with E-state index >= 15 is 0 Å². The van der Waals surface area contributed by atoms with E-state index in [1.54, 1.807) is 6.26 Å². The second kappa shape index (κ2) is 6.16. The first kappa shape index (κ1) is 15.1. The smallest absolute Gasteiger partial charge is 0.226 e. The number of nitrogens with two attached hydrogens (primary N) is 1. The molecule has 4 N–H and O–H groups in total. The molecule has 0 amide bonds. The van der Waals surface area contributed by atoms with Crippen molar-refractivity contribution in [2.75, 3.05) is 5.32 Å². The molecule has 3 heterocycles. The molecule has 3 aromatic heterocycles. The summed E-state index contributed by atoms with van der Waals surface area (Å²) in [6, 6.07) is 3.67. The Kier molecular flexibility index (Phi) is 4.24. The van der Waals surface area contributed by atoms with Gasteiger partial charge in [0.15, 0.2) is 0 Å². The van der Waals surface area contributed by atoms with Crippen LogP contribution < -0.4 is 11.1 Å². The highest BCUT2D eigenvalue weighted by Gasteiger charge is 2.17. The molecule has 8 heteroatoms. The SMILES string of the molecule is C[C@H](N)Cc1[nH]c2nc(Cl)nc(NCc3ccco3)c2c1Cl. The third-order valence-corrected chi connectivity index (χ3v) is 3.76. The van der Waals surface area contributed by atoms with Crippen LogP contribution in [0.15, 0.2) is 22.8 Å². The van der Waals surface area contributed by atoms with Crippen LogP contribution in [0.3, 0.4) is 0 Å². The van der Waals surface area contributed by atoms with E-state index in [1.165, 1.54) is 0 Å². The Bertz CT molecular complexity index is 782. The highest BCUT2D eigenvalue weighted by molar-refractivity contribution is 6.37. The van der Waals surface area contributed by atoms with Crippen LogP contribution in [0, 0.1) is 0 Å². The first-order valence-electron chi connectivity index (χ1n) is 6.80. The minimum absolute atomic E-state index is 0.0199. The van der Waals surface area contributed by atoms with Crippen LogP contribution in [0.5, 0.6) is 0 Å². The first-order chi connectivity index (χ1) is 10.5. The fraction of sp³-hybridized carbons (Fsp3) is 0.286. The van der Waals surface area contributed by atoms with Gasteiger partial charge in [-0.25, -0.2) is 0 Å². The van der Waals surface area contributed by atoms with E-state index in [1.807, 2.05) is 19.1 Å². The zero-order valence-electron chi connectivity index (χ0n) is 11.9. The molecule has 0 bridgehead atoms. The Morgan fingerprint density at radius 2 is 2.23 bits per heavy atom. The van der Waals surface area contributed by atoms with Crippen LogP contribution in [0.4, 0.5) is 5.82 Å². The fourth-order valence-corrected chi connectivity index (χ4v) is 2.73. The predicted octanol–water partition coefficient (Wildman–Crippen LogP) is 3.36. The van der Waals surface area contributed by atoms with Gasteiger partial charge in [-0.1, -0.05) is 11.6 Å². The van der Waals surface area contributed by atoms with Crippen molar-refractivity contribution in [3.8, 4) is 0 Å². The van der Waals surface area contributed by atoms with Crippen molar-refractivity contribution >= 4 is 40.1 Å². The van der Waals surface area contributed by atoms with Crippen molar-refractivity contribution in [2.24, 2.45) is 5.73 Å². The standard InChI is InChI=1S/C14H15Cl2N5O/c1-7(17)5-9-11(15)10-12(18-6-8-3-2-4-22-8)20-14(16)21-13(10)19-9/h2-4,7H,5-6,17H2,1H3,(H2,18,19,20,21)/t7-/m0/s1. The normalized spacial score (nSPS) is 12.7. The molecular formula is C14H15Cl2N5O. The summed E-state index contributed by atoms with van der Waals surface area (Å²) in [5.74, 6) is 1.34. The number of aromatic nitrogens is 3. The van der Waals surface area contributed by atoms with Gasteiger partial charge < -0.3 is 20.5 Å². The third kappa shape index (κ3) is 3.04. The van der Waals surface area contributed by atoms with E-state index in [9.17, 15) is 0 Å². The number of nitrogens with one attached hydrogen (secondary N) is 2. The average molecular weight is 340 g/mol. The zero-order valence-corrected chi connectivity index (χ0v) is 13.4. The molecular weight excluding hydrogens is 325 g/mol. The molecule has 0 radical (unpaired) electrons. The largest absolute Gasteiger partial charge is 0.467 e. The lowest BCUT2D eigenvalue weighted by Gasteiger charge is -2.06. The van der Waals surface area contributed by atoms with Crippen molar-refractivity contribution < 1.29 is 4.42 Å². The summed E-state index contributed by atoms with van der Waals surface area (Å²) in [6.07, 6.45) is 2.23. The van der Waals surface area contributed by atoms with Gasteiger partial charge in [0, 0.05) is 18.2 Å². The van der Waals surface area contributed by atoms with Gasteiger partial charge in [-0.3, -0.25) is 0 Å². The molecule has 0 aliphatic carbocycles. The van der Waals surface area contributed by atoms with Gasteiger partial charge in [0.05, 0.1) is 23.2 Å². The second-order valence-electron chi connectivity index (χ2n) is 5.10. The van der Waals surface area contributed by atoms with Crippen LogP contribution >= 0.6 is 23.2 Å². The maximum absolute atomic E-state index is 6.45. The van der Waals surface area contributed by atoms with E-state index in [4.69, 9.17) is 33.4 Å². The summed E-state index contributed by atoms with van der Waals surface area (Å²) in [5.41, 5.74) is 7.25. The van der Waals surface area contributed by atoms with Crippen LogP contribution in [0.2, 0.25) is 10.3 Å². The topological polar surface area (TPSA) is 92.8 Å². The summed E-state index contributed by atoms with van der Waals surface area (Å²) in [5, 5.41) is 4.58. The molecule has 3 rings (SSSR count). The van der Waals surface area contributed by atoms with Crippen molar-refractivity contribution in [2.45, 2.75) is 25.9 Å². The van der Waals surface area contributed by atoms with Gasteiger partial charge in [0.2, 0.25) is 5.28 Å². The molecule has 0 fully saturated rings. The molecule has 3 aromatic rings. The minimum Gasteiger partial charge on any atom is -0.467 e. The predicted molar refractivity (Wildman–Crippen MR) is 87.3 cm³/mol. The van der Waals surface area contributed by atoms with Gasteiger partial charge in [-0.05, 0) is 30.7 Å². The maximum Gasteiger partial charge on any atom is 0.226 e. The van der Waals surface area contributed by atoms with Crippen molar-refractivity contribution in [3.05, 3.63) is 40.2 Å². The number of nitrogens with zero attached hydrogens (tertiary/aromatic N) is 2. The molecule has 0 spiro atoms. The highest BCUT2D eigenvalue weighted by atomic mass is 35.5. The van der Waals surface area contributed by atoms with Gasteiger partial charge in [0.1, 0.15) is 17.2 Å². The molecule has 0 unspecified atom stereocenters. The summed E-state index contributed by atoms with van der Waals surface area (Å²) in [7, 11) is 0. The quantitative estimate of drug-likeness (QED) is 0.619. The monoisotopic (exact) mass is 339 g/mol. The zero-order chi connectivity index (χ0) is 15.7. The number of aromatic amines is 1. The lowest BCUT2D eigenvalue weighted by molar-refractivity contribution is 0.518. The number of halogens is 2. The maximum atomic E-state index is 6.45. The van der Waals surface area contributed by atoms with E-state index in [2.05, 4.69) is 20.3 Å². The van der Waals surface area contributed by atoms with E-state index in [-0.39, 0.29) is 11.3 Å². The van der Waals surface area contributed by atoms with Crippen LogP contribution in [0.25, 0.3) is 11.0 Å². The van der Waals surface area contributed by atoms with Crippen molar-refractivity contribution in [1.82, 2.24) is 15.0 Å². The van der Waals surface area contributed by atoms with Gasteiger partial charge in [-0.15, -0.1) is 0 Å². The first-order valence-corrected chi connectivity index (χ1v) is 7.55. The Labute approximate surface area is 137 Å². The van der Waals surface area contributed by atoms with Gasteiger partial charge >= 0.3 is 0 Å². The number of H-pyrrole nitrogens is 1. The Morgan fingerprint density at radius 3 is 2.91 bits per heavy atom. The fourth-order valence-electron chi connectivity index (χ4n) is 2.26. The number of hydrogen-bond donors (Lipinski definition) is 3. The van der Waals surface area contributed by atoms with E-state index in [0.29, 0.717) is 34.8 Å². The highest BCUT2D eigenvalue weighted by Crippen LogP contribution is 2.33. The van der Waals surface area contributed by atoms with Gasteiger partial charge in [-0.2, -0.15) is 9.97 Å². The number of hydrogen-bond acceptors (Lipinski definition) is 5. The molecule has 1 atom stereocenters. The second-order valence-corrected chi connectivity index (χ2v) is 5.81. The van der Waals surface area contributed by atoms with E-state index < -0.39 is 0 Å². The molecule has 0 saturated carbocycles. The number of fused-ring (bicyclic) bond motifs is 1. The molecule has 0 saturated heterocycles. The Morgan fingerprint density at radius 1 is 1.41 bits per heavy atom. The van der Waals surface area contributed by atoms with Crippen molar-refractivity contribution in [3.63, 3.8) is 0 Å². The van der Waals surface area contributed by atoms with Crippen LogP contribution in [-0.4, -0.2) is 21.0 Å². The third-order valence-electron chi connectivity index (χ3n) is 3.17. The molecule has 116 valence electrons. The number of rotatable bonds is 5. The lowest BCUT2D eigenvalue weighted by atomic mass is 10.2. The summed E-state index contributed by atoms with van der Waals surface area (Å²) >= 11 is 12.4. The molecule has 22 heavy (non-hydrogen) atoms. The average Bonchev–Trinajstić information content (AvgIpc) is 3.05. The Hall–Kier alpha value is -1.76. The summed E-state index contributed by atoms with van der Waals surface area (Å²) < 4.78 is 5.29. The molecule has 0 aliphatic heterocycles. The molecule has 0 aliphatic rings.